The minimum atomic E-state index is 0. The van der Waals surface area contributed by atoms with Gasteiger partial charge in [0, 0.05) is 64.5 Å². The summed E-state index contributed by atoms with van der Waals surface area (Å²) in [6.45, 7) is 7.15. The molecule has 7 nitrogen and oxygen atoms in total. The van der Waals surface area contributed by atoms with Crippen LogP contribution < -0.4 is 5.32 Å². The van der Waals surface area contributed by atoms with Gasteiger partial charge in [0.1, 0.15) is 0 Å². The SMILES string of the molecule is Cl.Cl.Cn1cc([C@H]2CNC[C@@H]2C(=O)N2CCCC2CN2CCOCC2)cn1. The van der Waals surface area contributed by atoms with Crippen LogP contribution in [0.25, 0.3) is 0 Å². The van der Waals surface area contributed by atoms with Crippen LogP contribution in [0.4, 0.5) is 0 Å². The van der Waals surface area contributed by atoms with Crippen LogP contribution in [-0.2, 0) is 16.6 Å². The number of nitrogens with zero attached hydrogens (tertiary/aromatic N) is 4. The normalized spacial score (nSPS) is 28.6. The van der Waals surface area contributed by atoms with E-state index in [1.807, 2.05) is 24.1 Å². The lowest BCUT2D eigenvalue weighted by molar-refractivity contribution is -0.136. The summed E-state index contributed by atoms with van der Waals surface area (Å²) in [6.07, 6.45) is 6.21. The Morgan fingerprint density at radius 1 is 1.26 bits per heavy atom. The molecule has 3 saturated heterocycles. The van der Waals surface area contributed by atoms with Crippen molar-refractivity contribution in [2.24, 2.45) is 13.0 Å². The molecule has 4 rings (SSSR count). The zero-order valence-corrected chi connectivity index (χ0v) is 17.5. The van der Waals surface area contributed by atoms with E-state index < -0.39 is 0 Å². The van der Waals surface area contributed by atoms with Crippen molar-refractivity contribution in [2.75, 3.05) is 52.5 Å². The zero-order valence-electron chi connectivity index (χ0n) is 15.9. The first-order valence-corrected chi connectivity index (χ1v) is 9.52. The van der Waals surface area contributed by atoms with Crippen molar-refractivity contribution < 1.29 is 9.53 Å². The Bertz CT molecular complexity index is 608. The van der Waals surface area contributed by atoms with Gasteiger partial charge in [0.2, 0.25) is 5.91 Å². The van der Waals surface area contributed by atoms with Crippen LogP contribution in [0.2, 0.25) is 0 Å². The third-order valence-electron chi connectivity index (χ3n) is 5.92. The Morgan fingerprint density at radius 2 is 2.04 bits per heavy atom. The highest BCUT2D eigenvalue weighted by molar-refractivity contribution is 5.85. The van der Waals surface area contributed by atoms with Crippen molar-refractivity contribution in [1.29, 1.82) is 0 Å². The van der Waals surface area contributed by atoms with Gasteiger partial charge in [0.05, 0.1) is 25.3 Å². The Morgan fingerprint density at radius 3 is 2.74 bits per heavy atom. The number of hydrogen-bond acceptors (Lipinski definition) is 5. The lowest BCUT2D eigenvalue weighted by Gasteiger charge is -2.34. The topological polar surface area (TPSA) is 62.6 Å². The molecule has 0 spiro atoms. The highest BCUT2D eigenvalue weighted by atomic mass is 35.5. The number of aromatic nitrogens is 2. The van der Waals surface area contributed by atoms with Crippen LogP contribution in [0.5, 0.6) is 0 Å². The number of rotatable bonds is 4. The van der Waals surface area contributed by atoms with Crippen molar-refractivity contribution >= 4 is 30.7 Å². The van der Waals surface area contributed by atoms with E-state index in [1.165, 1.54) is 5.56 Å². The largest absolute Gasteiger partial charge is 0.379 e. The molecular formula is C18H31Cl2N5O2. The average Bonchev–Trinajstić information content (AvgIpc) is 3.35. The van der Waals surface area contributed by atoms with Crippen molar-refractivity contribution in [3.8, 4) is 0 Å². The van der Waals surface area contributed by atoms with E-state index in [0.717, 1.165) is 65.3 Å². The first kappa shape index (κ1) is 22.4. The van der Waals surface area contributed by atoms with Gasteiger partial charge in [0.15, 0.2) is 0 Å². The van der Waals surface area contributed by atoms with Gasteiger partial charge in [-0.15, -0.1) is 24.8 Å². The zero-order chi connectivity index (χ0) is 17.2. The van der Waals surface area contributed by atoms with Crippen LogP contribution in [0.3, 0.4) is 0 Å². The number of amides is 1. The summed E-state index contributed by atoms with van der Waals surface area (Å²) in [4.78, 5) is 17.9. The quantitative estimate of drug-likeness (QED) is 0.784. The van der Waals surface area contributed by atoms with Gasteiger partial charge < -0.3 is 15.0 Å². The molecule has 1 unspecified atom stereocenters. The third-order valence-corrected chi connectivity index (χ3v) is 5.92. The second-order valence-electron chi connectivity index (χ2n) is 7.56. The second kappa shape index (κ2) is 10.1. The van der Waals surface area contributed by atoms with Crippen molar-refractivity contribution in [2.45, 2.75) is 24.8 Å². The number of ether oxygens (including phenoxy) is 1. The first-order valence-electron chi connectivity index (χ1n) is 9.52. The maximum absolute atomic E-state index is 13.3. The fraction of sp³-hybridized carbons (Fsp3) is 0.778. The van der Waals surface area contributed by atoms with Crippen molar-refractivity contribution in [1.82, 2.24) is 24.9 Å². The molecule has 154 valence electrons. The lowest BCUT2D eigenvalue weighted by Crippen LogP contribution is -2.48. The van der Waals surface area contributed by atoms with Gasteiger partial charge in [-0.2, -0.15) is 5.10 Å². The molecule has 3 fully saturated rings. The Kier molecular flexibility index (Phi) is 8.37. The molecule has 1 N–H and O–H groups in total. The number of likely N-dealkylation sites (tertiary alicyclic amines) is 1. The van der Waals surface area contributed by atoms with Gasteiger partial charge in [-0.1, -0.05) is 0 Å². The van der Waals surface area contributed by atoms with Gasteiger partial charge >= 0.3 is 0 Å². The fourth-order valence-corrected chi connectivity index (χ4v) is 4.53. The van der Waals surface area contributed by atoms with Crippen LogP contribution in [0.15, 0.2) is 12.4 Å². The van der Waals surface area contributed by atoms with Gasteiger partial charge in [0.25, 0.3) is 0 Å². The van der Waals surface area contributed by atoms with Gasteiger partial charge in [-0.3, -0.25) is 14.4 Å². The minimum Gasteiger partial charge on any atom is -0.379 e. The molecule has 0 saturated carbocycles. The average molecular weight is 420 g/mol. The maximum atomic E-state index is 13.3. The van der Waals surface area contributed by atoms with E-state index in [4.69, 9.17) is 4.74 Å². The molecule has 3 aliphatic rings. The molecule has 3 atom stereocenters. The molecule has 0 bridgehead atoms. The standard InChI is InChI=1S/C18H29N5O2.2ClH/c1-21-12-14(9-20-21)16-10-19-11-17(16)18(24)23-4-2-3-15(23)13-22-5-7-25-8-6-22;;/h9,12,15-17,19H,2-8,10-11,13H2,1H3;2*1H/t15?,16-,17+;;/m1../s1. The molecule has 1 aromatic heterocycles. The molecule has 3 aliphatic heterocycles. The summed E-state index contributed by atoms with van der Waals surface area (Å²) in [5, 5.41) is 7.71. The van der Waals surface area contributed by atoms with Crippen molar-refractivity contribution in [3.05, 3.63) is 18.0 Å². The summed E-state index contributed by atoms with van der Waals surface area (Å²) < 4.78 is 7.27. The molecule has 1 aromatic rings. The number of morpholine rings is 1. The van der Waals surface area contributed by atoms with Crippen molar-refractivity contribution in [3.63, 3.8) is 0 Å². The number of carbonyl (C=O) groups excluding carboxylic acids is 1. The summed E-state index contributed by atoms with van der Waals surface area (Å²) in [5.74, 6) is 0.606. The summed E-state index contributed by atoms with van der Waals surface area (Å²) >= 11 is 0. The summed E-state index contributed by atoms with van der Waals surface area (Å²) in [7, 11) is 1.93. The molecule has 0 aromatic carbocycles. The predicted molar refractivity (Wildman–Crippen MR) is 109 cm³/mol. The monoisotopic (exact) mass is 419 g/mol. The molecule has 0 radical (unpaired) electrons. The number of aryl methyl sites for hydroxylation is 1. The molecule has 4 heterocycles. The minimum absolute atomic E-state index is 0. The predicted octanol–water partition coefficient (Wildman–Crippen LogP) is 0.890. The van der Waals surface area contributed by atoms with Gasteiger partial charge in [-0.05, 0) is 18.4 Å². The Labute approximate surface area is 173 Å². The van der Waals surface area contributed by atoms with E-state index >= 15 is 0 Å². The first-order chi connectivity index (χ1) is 12.2. The van der Waals surface area contributed by atoms with Gasteiger partial charge in [-0.25, -0.2) is 0 Å². The van der Waals surface area contributed by atoms with Crippen LogP contribution >= 0.6 is 24.8 Å². The van der Waals surface area contributed by atoms with E-state index in [2.05, 4.69) is 20.2 Å². The number of carbonyl (C=O) groups is 1. The molecular weight excluding hydrogens is 389 g/mol. The number of nitrogens with one attached hydrogen (secondary N) is 1. The fourth-order valence-electron chi connectivity index (χ4n) is 4.53. The maximum Gasteiger partial charge on any atom is 0.227 e. The molecule has 27 heavy (non-hydrogen) atoms. The molecule has 1 amide bonds. The molecule has 0 aliphatic carbocycles. The summed E-state index contributed by atoms with van der Waals surface area (Å²) in [6, 6.07) is 0.362. The van der Waals surface area contributed by atoms with E-state index in [1.54, 1.807) is 0 Å². The Balaban J connectivity index is 0.00000131. The summed E-state index contributed by atoms with van der Waals surface area (Å²) in [5.41, 5.74) is 1.18. The molecule has 9 heteroatoms. The highest BCUT2D eigenvalue weighted by Crippen LogP contribution is 2.31. The van der Waals surface area contributed by atoms with Crippen LogP contribution in [-0.4, -0.2) is 84.0 Å². The number of hydrogen-bond donors (Lipinski definition) is 1. The van der Waals surface area contributed by atoms with E-state index in [9.17, 15) is 4.79 Å². The Hall–Kier alpha value is -0.860. The van der Waals surface area contributed by atoms with E-state index in [-0.39, 0.29) is 36.6 Å². The van der Waals surface area contributed by atoms with E-state index in [0.29, 0.717) is 11.9 Å². The van der Waals surface area contributed by atoms with Crippen LogP contribution in [0, 0.1) is 5.92 Å². The third kappa shape index (κ3) is 4.95. The number of halogens is 2. The lowest BCUT2D eigenvalue weighted by atomic mass is 9.89. The smallest absolute Gasteiger partial charge is 0.227 e. The highest BCUT2D eigenvalue weighted by Gasteiger charge is 2.40. The second-order valence-corrected chi connectivity index (χ2v) is 7.56. The van der Waals surface area contributed by atoms with Crippen LogP contribution in [0.1, 0.15) is 24.3 Å².